The first kappa shape index (κ1) is 12.4. The molecule has 0 amide bonds. The summed E-state index contributed by atoms with van der Waals surface area (Å²) in [5.41, 5.74) is 0. The van der Waals surface area contributed by atoms with Gasteiger partial charge >= 0.3 is 0 Å². The quantitative estimate of drug-likeness (QED) is 0.780. The lowest BCUT2D eigenvalue weighted by Gasteiger charge is -2.34. The van der Waals surface area contributed by atoms with Crippen LogP contribution in [0.3, 0.4) is 0 Å². The van der Waals surface area contributed by atoms with E-state index in [0.717, 1.165) is 31.1 Å². The van der Waals surface area contributed by atoms with Crippen LogP contribution in [0.1, 0.15) is 52.4 Å². The zero-order chi connectivity index (χ0) is 11.4. The summed E-state index contributed by atoms with van der Waals surface area (Å²) < 4.78 is 5.51. The van der Waals surface area contributed by atoms with E-state index in [1.54, 1.807) is 0 Å². The van der Waals surface area contributed by atoms with Crippen molar-refractivity contribution in [3.63, 3.8) is 0 Å². The van der Waals surface area contributed by atoms with Crippen molar-refractivity contribution in [2.75, 3.05) is 13.2 Å². The molecule has 1 heterocycles. The van der Waals surface area contributed by atoms with Gasteiger partial charge in [-0.1, -0.05) is 13.8 Å². The molecular formula is C14H27NO. The summed E-state index contributed by atoms with van der Waals surface area (Å²) in [5.74, 6) is 1.82. The molecule has 1 saturated carbocycles. The zero-order valence-corrected chi connectivity index (χ0v) is 10.9. The van der Waals surface area contributed by atoms with Gasteiger partial charge in [0.05, 0.1) is 0 Å². The first-order valence-corrected chi connectivity index (χ1v) is 7.09. The van der Waals surface area contributed by atoms with Crippen LogP contribution in [0.4, 0.5) is 0 Å². The summed E-state index contributed by atoms with van der Waals surface area (Å²) in [6.45, 7) is 6.74. The molecule has 1 N–H and O–H groups in total. The van der Waals surface area contributed by atoms with Crippen molar-refractivity contribution in [2.45, 2.75) is 64.5 Å². The van der Waals surface area contributed by atoms with Crippen LogP contribution >= 0.6 is 0 Å². The standard InChI is InChI=1S/C14H27NO/c1-11-5-6-14(10-12(11)2)15-13-4-3-8-16-9-7-13/h11-15H,3-10H2,1-2H3. The van der Waals surface area contributed by atoms with Crippen molar-refractivity contribution >= 4 is 0 Å². The van der Waals surface area contributed by atoms with Gasteiger partial charge in [-0.15, -0.1) is 0 Å². The third-order valence-corrected chi connectivity index (χ3v) is 4.52. The first-order valence-electron chi connectivity index (χ1n) is 7.09. The molecule has 4 unspecified atom stereocenters. The highest BCUT2D eigenvalue weighted by Gasteiger charge is 2.26. The molecule has 16 heavy (non-hydrogen) atoms. The van der Waals surface area contributed by atoms with Crippen molar-refractivity contribution in [3.8, 4) is 0 Å². The van der Waals surface area contributed by atoms with Gasteiger partial charge in [0.15, 0.2) is 0 Å². The van der Waals surface area contributed by atoms with Crippen molar-refractivity contribution < 1.29 is 4.74 Å². The van der Waals surface area contributed by atoms with E-state index in [-0.39, 0.29) is 0 Å². The lowest BCUT2D eigenvalue weighted by molar-refractivity contribution is 0.141. The Bertz CT molecular complexity index is 199. The van der Waals surface area contributed by atoms with E-state index in [9.17, 15) is 0 Å². The zero-order valence-electron chi connectivity index (χ0n) is 10.9. The van der Waals surface area contributed by atoms with E-state index in [0.29, 0.717) is 6.04 Å². The Morgan fingerprint density at radius 2 is 1.75 bits per heavy atom. The maximum Gasteiger partial charge on any atom is 0.0480 e. The Hall–Kier alpha value is -0.0800. The third kappa shape index (κ3) is 3.46. The number of hydrogen-bond donors (Lipinski definition) is 1. The summed E-state index contributed by atoms with van der Waals surface area (Å²) in [5, 5.41) is 3.87. The van der Waals surface area contributed by atoms with Gasteiger partial charge in [0.25, 0.3) is 0 Å². The molecule has 1 aliphatic carbocycles. The molecule has 0 spiro atoms. The second-order valence-electron chi connectivity index (χ2n) is 5.87. The van der Waals surface area contributed by atoms with Crippen LogP contribution in [-0.4, -0.2) is 25.3 Å². The minimum atomic E-state index is 0.716. The molecule has 2 aliphatic rings. The van der Waals surface area contributed by atoms with Gasteiger partial charge in [-0.3, -0.25) is 0 Å². The van der Waals surface area contributed by atoms with Crippen molar-refractivity contribution in [1.82, 2.24) is 5.32 Å². The van der Waals surface area contributed by atoms with Gasteiger partial charge in [-0.05, 0) is 50.4 Å². The number of ether oxygens (including phenoxy) is 1. The van der Waals surface area contributed by atoms with E-state index in [2.05, 4.69) is 19.2 Å². The minimum absolute atomic E-state index is 0.716. The second-order valence-corrected chi connectivity index (χ2v) is 5.87. The van der Waals surface area contributed by atoms with Crippen LogP contribution < -0.4 is 5.32 Å². The molecule has 0 aromatic heterocycles. The molecule has 0 radical (unpaired) electrons. The van der Waals surface area contributed by atoms with Crippen LogP contribution in [0, 0.1) is 11.8 Å². The van der Waals surface area contributed by atoms with Gasteiger partial charge in [0, 0.05) is 25.3 Å². The average Bonchev–Trinajstić information content (AvgIpc) is 2.52. The number of rotatable bonds is 2. The topological polar surface area (TPSA) is 21.3 Å². The summed E-state index contributed by atoms with van der Waals surface area (Å²) in [7, 11) is 0. The van der Waals surface area contributed by atoms with Gasteiger partial charge in [0.1, 0.15) is 0 Å². The van der Waals surface area contributed by atoms with Gasteiger partial charge in [0.2, 0.25) is 0 Å². The molecule has 1 saturated heterocycles. The SMILES string of the molecule is CC1CCC(NC2CCCOCC2)CC1C. The Morgan fingerprint density at radius 3 is 2.56 bits per heavy atom. The normalized spacial score (nSPS) is 41.6. The molecule has 0 aromatic rings. The summed E-state index contributed by atoms with van der Waals surface area (Å²) >= 11 is 0. The molecule has 1 aliphatic heterocycles. The van der Waals surface area contributed by atoms with Crippen molar-refractivity contribution in [1.29, 1.82) is 0 Å². The number of hydrogen-bond acceptors (Lipinski definition) is 2. The average molecular weight is 225 g/mol. The highest BCUT2D eigenvalue weighted by molar-refractivity contribution is 4.83. The van der Waals surface area contributed by atoms with E-state index >= 15 is 0 Å². The molecule has 2 fully saturated rings. The van der Waals surface area contributed by atoms with Crippen LogP contribution in [-0.2, 0) is 4.74 Å². The van der Waals surface area contributed by atoms with Crippen LogP contribution in [0.5, 0.6) is 0 Å². The molecule has 94 valence electrons. The smallest absolute Gasteiger partial charge is 0.0480 e. The summed E-state index contributed by atoms with van der Waals surface area (Å²) in [6.07, 6.45) is 7.90. The monoisotopic (exact) mass is 225 g/mol. The van der Waals surface area contributed by atoms with Crippen LogP contribution in [0.2, 0.25) is 0 Å². The van der Waals surface area contributed by atoms with E-state index in [1.165, 1.54) is 38.5 Å². The molecule has 2 nitrogen and oxygen atoms in total. The molecule has 4 atom stereocenters. The summed E-state index contributed by atoms with van der Waals surface area (Å²) in [6, 6.07) is 1.49. The fourth-order valence-corrected chi connectivity index (χ4v) is 3.10. The molecule has 0 bridgehead atoms. The third-order valence-electron chi connectivity index (χ3n) is 4.52. The second kappa shape index (κ2) is 6.02. The van der Waals surface area contributed by atoms with Gasteiger partial charge < -0.3 is 10.1 Å². The van der Waals surface area contributed by atoms with E-state index < -0.39 is 0 Å². The Morgan fingerprint density at radius 1 is 0.875 bits per heavy atom. The van der Waals surface area contributed by atoms with Crippen molar-refractivity contribution in [2.24, 2.45) is 11.8 Å². The molecular weight excluding hydrogens is 198 g/mol. The molecule has 2 rings (SSSR count). The predicted molar refractivity (Wildman–Crippen MR) is 67.6 cm³/mol. The number of nitrogens with one attached hydrogen (secondary N) is 1. The lowest BCUT2D eigenvalue weighted by Crippen LogP contribution is -2.42. The molecule has 2 heteroatoms. The van der Waals surface area contributed by atoms with Crippen LogP contribution in [0.25, 0.3) is 0 Å². The maximum absolute atomic E-state index is 5.51. The summed E-state index contributed by atoms with van der Waals surface area (Å²) in [4.78, 5) is 0. The maximum atomic E-state index is 5.51. The fraction of sp³-hybridized carbons (Fsp3) is 1.00. The fourth-order valence-electron chi connectivity index (χ4n) is 3.10. The lowest BCUT2D eigenvalue weighted by atomic mass is 9.79. The minimum Gasteiger partial charge on any atom is -0.381 e. The Kier molecular flexibility index (Phi) is 4.66. The van der Waals surface area contributed by atoms with Gasteiger partial charge in [-0.2, -0.15) is 0 Å². The highest BCUT2D eigenvalue weighted by atomic mass is 16.5. The largest absolute Gasteiger partial charge is 0.381 e. The van der Waals surface area contributed by atoms with Gasteiger partial charge in [-0.25, -0.2) is 0 Å². The Balaban J connectivity index is 1.75. The highest BCUT2D eigenvalue weighted by Crippen LogP contribution is 2.29. The predicted octanol–water partition coefficient (Wildman–Crippen LogP) is 2.97. The van der Waals surface area contributed by atoms with Crippen molar-refractivity contribution in [3.05, 3.63) is 0 Å². The Labute approximate surface area is 100 Å². The van der Waals surface area contributed by atoms with E-state index in [4.69, 9.17) is 4.74 Å². The first-order chi connectivity index (χ1) is 7.75. The van der Waals surface area contributed by atoms with E-state index in [1.807, 2.05) is 0 Å². The van der Waals surface area contributed by atoms with Crippen LogP contribution in [0.15, 0.2) is 0 Å². The molecule has 0 aromatic carbocycles.